The van der Waals surface area contributed by atoms with E-state index in [0.717, 1.165) is 32.7 Å². The number of piperazine rings is 1. The Morgan fingerprint density at radius 3 is 2.22 bits per heavy atom. The maximum atomic E-state index is 12.1. The van der Waals surface area contributed by atoms with Gasteiger partial charge in [-0.3, -0.25) is 19.9 Å². The number of urea groups is 1. The Balaban J connectivity index is 1.39. The number of nitrogens with zero attached hydrogens (tertiary/aromatic N) is 2. The van der Waals surface area contributed by atoms with Gasteiger partial charge in [0.1, 0.15) is 0 Å². The van der Waals surface area contributed by atoms with Gasteiger partial charge in [0.15, 0.2) is 0 Å². The van der Waals surface area contributed by atoms with Gasteiger partial charge in [0.2, 0.25) is 5.91 Å². The molecule has 0 radical (unpaired) electrons. The molecule has 0 bridgehead atoms. The van der Waals surface area contributed by atoms with E-state index in [1.165, 1.54) is 11.1 Å². The van der Waals surface area contributed by atoms with Crippen molar-refractivity contribution in [3.63, 3.8) is 0 Å². The number of amides is 3. The molecular weight excluding hydrogens is 340 g/mol. The second kappa shape index (κ2) is 9.30. The highest BCUT2D eigenvalue weighted by Gasteiger charge is 2.20. The quantitative estimate of drug-likeness (QED) is 0.853. The zero-order chi connectivity index (χ0) is 19.1. The number of imide groups is 1. The van der Waals surface area contributed by atoms with Gasteiger partial charge in [-0.25, -0.2) is 4.79 Å². The summed E-state index contributed by atoms with van der Waals surface area (Å²) in [4.78, 5) is 28.5. The third kappa shape index (κ3) is 5.91. The topological polar surface area (TPSA) is 64.7 Å². The minimum Gasteiger partial charge on any atom is -0.308 e. The highest BCUT2D eigenvalue weighted by Crippen LogP contribution is 2.12. The Hall–Kier alpha value is -2.70. The average molecular weight is 366 g/mol. The van der Waals surface area contributed by atoms with E-state index in [-0.39, 0.29) is 12.5 Å². The molecule has 2 aromatic rings. The molecule has 2 aromatic carbocycles. The van der Waals surface area contributed by atoms with Crippen molar-refractivity contribution in [2.45, 2.75) is 13.5 Å². The number of carbonyl (C=O) groups is 2. The predicted molar refractivity (Wildman–Crippen MR) is 106 cm³/mol. The Labute approximate surface area is 160 Å². The van der Waals surface area contributed by atoms with Gasteiger partial charge in [-0.2, -0.15) is 0 Å². The molecule has 1 fully saturated rings. The van der Waals surface area contributed by atoms with Crippen LogP contribution in [0, 0.1) is 6.92 Å². The molecule has 1 heterocycles. The molecule has 27 heavy (non-hydrogen) atoms. The van der Waals surface area contributed by atoms with Crippen LogP contribution in [0.25, 0.3) is 0 Å². The summed E-state index contributed by atoms with van der Waals surface area (Å²) in [5.74, 6) is -0.282. The number of aryl methyl sites for hydroxylation is 1. The van der Waals surface area contributed by atoms with Crippen molar-refractivity contribution >= 4 is 17.6 Å². The average Bonchev–Trinajstić information content (AvgIpc) is 2.66. The number of carbonyl (C=O) groups excluding carboxylic acids is 2. The fourth-order valence-electron chi connectivity index (χ4n) is 3.19. The minimum atomic E-state index is -0.496. The summed E-state index contributed by atoms with van der Waals surface area (Å²) in [6.45, 7) is 6.78. The Kier molecular flexibility index (Phi) is 6.57. The summed E-state index contributed by atoms with van der Waals surface area (Å²) in [6.07, 6.45) is 0. The zero-order valence-electron chi connectivity index (χ0n) is 15.6. The van der Waals surface area contributed by atoms with E-state index >= 15 is 0 Å². The molecule has 0 atom stereocenters. The fourth-order valence-corrected chi connectivity index (χ4v) is 3.19. The Bertz CT molecular complexity index is 771. The smallest absolute Gasteiger partial charge is 0.308 e. The normalized spacial score (nSPS) is 15.3. The maximum absolute atomic E-state index is 12.1. The van der Waals surface area contributed by atoms with E-state index in [0.29, 0.717) is 5.69 Å². The van der Waals surface area contributed by atoms with Gasteiger partial charge in [0.25, 0.3) is 0 Å². The molecule has 142 valence electrons. The molecule has 0 aromatic heterocycles. The lowest BCUT2D eigenvalue weighted by molar-refractivity contribution is -0.121. The van der Waals surface area contributed by atoms with Gasteiger partial charge in [0, 0.05) is 38.4 Å². The minimum absolute atomic E-state index is 0.237. The van der Waals surface area contributed by atoms with Crippen molar-refractivity contribution in [3.8, 4) is 0 Å². The van der Waals surface area contributed by atoms with Crippen LogP contribution < -0.4 is 10.6 Å². The van der Waals surface area contributed by atoms with Crippen LogP contribution >= 0.6 is 0 Å². The summed E-state index contributed by atoms with van der Waals surface area (Å²) >= 11 is 0. The van der Waals surface area contributed by atoms with Gasteiger partial charge in [-0.05, 0) is 30.2 Å². The largest absolute Gasteiger partial charge is 0.325 e. The SMILES string of the molecule is Cc1ccccc1CN1CCN(CC(=O)NC(=O)Nc2ccccc2)CC1. The molecule has 0 unspecified atom stereocenters. The van der Waals surface area contributed by atoms with E-state index in [1.54, 1.807) is 12.1 Å². The van der Waals surface area contributed by atoms with Crippen LogP contribution in [0.3, 0.4) is 0 Å². The van der Waals surface area contributed by atoms with Crippen molar-refractivity contribution in [3.05, 3.63) is 65.7 Å². The molecule has 2 N–H and O–H groups in total. The molecule has 6 heteroatoms. The number of para-hydroxylation sites is 1. The van der Waals surface area contributed by atoms with Crippen LogP contribution in [0.2, 0.25) is 0 Å². The molecule has 1 aliphatic rings. The number of rotatable bonds is 5. The van der Waals surface area contributed by atoms with Crippen molar-refractivity contribution in [2.24, 2.45) is 0 Å². The predicted octanol–water partition coefficient (Wildman–Crippen LogP) is 2.46. The van der Waals surface area contributed by atoms with E-state index in [1.807, 2.05) is 18.2 Å². The number of hydrogen-bond donors (Lipinski definition) is 2. The van der Waals surface area contributed by atoms with Crippen LogP contribution in [0.4, 0.5) is 10.5 Å². The van der Waals surface area contributed by atoms with Gasteiger partial charge in [-0.1, -0.05) is 42.5 Å². The van der Waals surface area contributed by atoms with Crippen molar-refractivity contribution in [1.29, 1.82) is 0 Å². The zero-order valence-corrected chi connectivity index (χ0v) is 15.6. The van der Waals surface area contributed by atoms with Crippen LogP contribution in [0.5, 0.6) is 0 Å². The molecule has 6 nitrogen and oxygen atoms in total. The number of nitrogens with one attached hydrogen (secondary N) is 2. The second-order valence-corrected chi connectivity index (χ2v) is 6.85. The van der Waals surface area contributed by atoms with E-state index in [9.17, 15) is 9.59 Å². The lowest BCUT2D eigenvalue weighted by Gasteiger charge is -2.34. The summed E-state index contributed by atoms with van der Waals surface area (Å²) in [5, 5.41) is 5.04. The molecule has 1 saturated heterocycles. The molecule has 0 spiro atoms. The van der Waals surface area contributed by atoms with Crippen LogP contribution in [-0.2, 0) is 11.3 Å². The molecule has 3 rings (SSSR count). The van der Waals surface area contributed by atoms with E-state index < -0.39 is 6.03 Å². The Morgan fingerprint density at radius 2 is 1.52 bits per heavy atom. The number of hydrogen-bond acceptors (Lipinski definition) is 4. The van der Waals surface area contributed by atoms with Crippen LogP contribution in [-0.4, -0.2) is 54.5 Å². The molecule has 0 saturated carbocycles. The standard InChI is InChI=1S/C21H26N4O2/c1-17-7-5-6-8-18(17)15-24-11-13-25(14-12-24)16-20(26)23-21(27)22-19-9-3-2-4-10-19/h2-10H,11-16H2,1H3,(H2,22,23,26,27). The van der Waals surface area contributed by atoms with Gasteiger partial charge < -0.3 is 5.32 Å². The molecule has 3 amide bonds. The van der Waals surface area contributed by atoms with E-state index in [2.05, 4.69) is 51.6 Å². The molecular formula is C21H26N4O2. The van der Waals surface area contributed by atoms with Crippen LogP contribution in [0.15, 0.2) is 54.6 Å². The lowest BCUT2D eigenvalue weighted by Crippen LogP contribution is -2.50. The third-order valence-electron chi connectivity index (χ3n) is 4.77. The Morgan fingerprint density at radius 1 is 0.889 bits per heavy atom. The first kappa shape index (κ1) is 19.1. The summed E-state index contributed by atoms with van der Waals surface area (Å²) < 4.78 is 0. The molecule has 1 aliphatic heterocycles. The maximum Gasteiger partial charge on any atom is 0.325 e. The highest BCUT2D eigenvalue weighted by molar-refractivity contribution is 6.01. The summed E-state index contributed by atoms with van der Waals surface area (Å²) in [7, 11) is 0. The van der Waals surface area contributed by atoms with Gasteiger partial charge in [0.05, 0.1) is 6.54 Å². The van der Waals surface area contributed by atoms with Crippen LogP contribution in [0.1, 0.15) is 11.1 Å². The highest BCUT2D eigenvalue weighted by atomic mass is 16.2. The van der Waals surface area contributed by atoms with Crippen molar-refractivity contribution in [2.75, 3.05) is 38.0 Å². The summed E-state index contributed by atoms with van der Waals surface area (Å²) in [6, 6.07) is 17.0. The molecule has 0 aliphatic carbocycles. The first-order chi connectivity index (χ1) is 13.1. The lowest BCUT2D eigenvalue weighted by atomic mass is 10.1. The number of benzene rings is 2. The summed E-state index contributed by atoms with van der Waals surface area (Å²) in [5.41, 5.74) is 3.32. The van der Waals surface area contributed by atoms with Crippen molar-refractivity contribution in [1.82, 2.24) is 15.1 Å². The first-order valence-electron chi connectivity index (χ1n) is 9.25. The van der Waals surface area contributed by atoms with Gasteiger partial charge in [-0.15, -0.1) is 0 Å². The monoisotopic (exact) mass is 366 g/mol. The number of anilines is 1. The second-order valence-electron chi connectivity index (χ2n) is 6.85. The van der Waals surface area contributed by atoms with E-state index in [4.69, 9.17) is 0 Å². The fraction of sp³-hybridized carbons (Fsp3) is 0.333. The third-order valence-corrected chi connectivity index (χ3v) is 4.77. The first-order valence-corrected chi connectivity index (χ1v) is 9.25. The van der Waals surface area contributed by atoms with Crippen molar-refractivity contribution < 1.29 is 9.59 Å². The van der Waals surface area contributed by atoms with Gasteiger partial charge >= 0.3 is 6.03 Å².